The van der Waals surface area contributed by atoms with Gasteiger partial charge in [-0.05, 0) is 43.2 Å². The van der Waals surface area contributed by atoms with E-state index in [0.717, 1.165) is 30.0 Å². The number of carbonyl (C=O) groups is 1. The van der Waals surface area contributed by atoms with Crippen LogP contribution in [-0.4, -0.2) is 50.9 Å². The second-order valence-corrected chi connectivity index (χ2v) is 9.96. The molecule has 4 heterocycles. The lowest BCUT2D eigenvalue weighted by molar-refractivity contribution is 0.0682. The summed E-state index contributed by atoms with van der Waals surface area (Å²) in [6.07, 6.45) is 3.96. The molecule has 7 nitrogen and oxygen atoms in total. The predicted octanol–water partition coefficient (Wildman–Crippen LogP) is 5.19. The van der Waals surface area contributed by atoms with Gasteiger partial charge < -0.3 is 15.1 Å². The third-order valence-corrected chi connectivity index (χ3v) is 7.72. The normalized spacial score (nSPS) is 16.4. The fourth-order valence-corrected chi connectivity index (χ4v) is 5.52. The highest BCUT2D eigenvalue weighted by atomic mass is 19.2. The highest BCUT2D eigenvalue weighted by molar-refractivity contribution is 5.93. The van der Waals surface area contributed by atoms with Crippen LogP contribution in [0.1, 0.15) is 23.3 Å². The number of benzene rings is 2. The second kappa shape index (κ2) is 10.0. The molecule has 2 aromatic carbocycles. The van der Waals surface area contributed by atoms with Gasteiger partial charge in [0.2, 0.25) is 0 Å². The third-order valence-electron chi connectivity index (χ3n) is 7.72. The summed E-state index contributed by atoms with van der Waals surface area (Å²) >= 11 is 0. The fraction of sp³-hybridized carbons (Fsp3) is 0.207. The van der Waals surface area contributed by atoms with Crippen molar-refractivity contribution >= 4 is 11.6 Å². The van der Waals surface area contributed by atoms with E-state index in [4.69, 9.17) is 0 Å². The standard InChI is InChI=1S/C29H23F5N6O/c1-17-29(39(16-36-17)19-4-5-21(30)22(31)11-19)6-9-38(10-7-29)28(41)25-14-26(18-3-2-8-35-15-18)40(37-25)20-12-23(32)27(34)24(33)13-20/h2-5,8,11-15,36H,1,6-7,9-10,16H2. The molecular weight excluding hydrogens is 543 g/mol. The van der Waals surface area contributed by atoms with Crippen LogP contribution in [0.25, 0.3) is 16.9 Å². The molecule has 0 atom stereocenters. The lowest BCUT2D eigenvalue weighted by atomic mass is 9.84. The first-order valence-corrected chi connectivity index (χ1v) is 12.8. The number of nitrogens with zero attached hydrogens (tertiary/aromatic N) is 5. The van der Waals surface area contributed by atoms with E-state index in [1.54, 1.807) is 23.2 Å². The molecule has 2 aliphatic rings. The number of anilines is 1. The third kappa shape index (κ3) is 4.48. The van der Waals surface area contributed by atoms with Gasteiger partial charge in [0, 0.05) is 60.6 Å². The number of nitrogens with one attached hydrogen (secondary N) is 1. The SMILES string of the molecule is C=C1NCN(c2ccc(F)c(F)c2)C12CCN(C(=O)c1cc(-c3cccnc3)n(-c3cc(F)c(F)c(F)c3)n1)CC2. The molecule has 2 aliphatic heterocycles. The maximum Gasteiger partial charge on any atom is 0.274 e. The molecule has 0 saturated carbocycles. The first-order valence-electron chi connectivity index (χ1n) is 12.8. The molecule has 4 aromatic rings. The molecule has 2 aromatic heterocycles. The van der Waals surface area contributed by atoms with Crippen molar-refractivity contribution in [3.8, 4) is 16.9 Å². The van der Waals surface area contributed by atoms with Gasteiger partial charge in [0.15, 0.2) is 34.8 Å². The van der Waals surface area contributed by atoms with Gasteiger partial charge in [0.25, 0.3) is 5.91 Å². The highest BCUT2D eigenvalue weighted by Gasteiger charge is 2.47. The van der Waals surface area contributed by atoms with Gasteiger partial charge in [-0.3, -0.25) is 9.78 Å². The molecule has 2 saturated heterocycles. The summed E-state index contributed by atoms with van der Waals surface area (Å²) in [4.78, 5) is 21.2. The Labute approximate surface area is 231 Å². The molecule has 12 heteroatoms. The Morgan fingerprint density at radius 1 is 0.902 bits per heavy atom. The largest absolute Gasteiger partial charge is 0.370 e. The first-order chi connectivity index (χ1) is 19.7. The minimum absolute atomic E-state index is 0.0192. The molecule has 210 valence electrons. The van der Waals surface area contributed by atoms with E-state index in [2.05, 4.69) is 22.0 Å². The van der Waals surface area contributed by atoms with Gasteiger partial charge in [0.1, 0.15) is 0 Å². The smallest absolute Gasteiger partial charge is 0.274 e. The van der Waals surface area contributed by atoms with Gasteiger partial charge in [-0.2, -0.15) is 5.10 Å². The number of hydrogen-bond donors (Lipinski definition) is 1. The first kappa shape index (κ1) is 26.5. The Hall–Kier alpha value is -4.74. The van der Waals surface area contributed by atoms with Crippen molar-refractivity contribution in [3.05, 3.63) is 108 Å². The Balaban J connectivity index is 1.29. The van der Waals surface area contributed by atoms with E-state index in [1.165, 1.54) is 23.0 Å². The Morgan fingerprint density at radius 3 is 2.27 bits per heavy atom. The van der Waals surface area contributed by atoms with Crippen LogP contribution in [0, 0.1) is 29.1 Å². The quantitative estimate of drug-likeness (QED) is 0.272. The molecule has 1 amide bonds. The molecular formula is C29H23F5N6O. The number of amides is 1. The zero-order valence-corrected chi connectivity index (χ0v) is 21.6. The monoisotopic (exact) mass is 566 g/mol. The lowest BCUT2D eigenvalue weighted by Gasteiger charge is -2.45. The zero-order valence-electron chi connectivity index (χ0n) is 21.6. The summed E-state index contributed by atoms with van der Waals surface area (Å²) in [5.74, 6) is -6.70. The van der Waals surface area contributed by atoms with Crippen LogP contribution in [0.5, 0.6) is 0 Å². The van der Waals surface area contributed by atoms with Crippen LogP contribution in [0.15, 0.2) is 73.2 Å². The summed E-state index contributed by atoms with van der Waals surface area (Å²) < 4.78 is 70.6. The number of piperidine rings is 1. The number of carbonyl (C=O) groups excluding carboxylic acids is 1. The number of hydrogen-bond acceptors (Lipinski definition) is 5. The average Bonchev–Trinajstić information content (AvgIpc) is 3.56. The zero-order chi connectivity index (χ0) is 28.9. The van der Waals surface area contributed by atoms with Crippen LogP contribution in [-0.2, 0) is 0 Å². The van der Waals surface area contributed by atoms with Crippen molar-refractivity contribution < 1.29 is 26.7 Å². The van der Waals surface area contributed by atoms with Crippen molar-refractivity contribution in [2.24, 2.45) is 0 Å². The number of halogens is 5. The van der Waals surface area contributed by atoms with Crippen molar-refractivity contribution in [2.45, 2.75) is 18.4 Å². The van der Waals surface area contributed by atoms with Gasteiger partial charge in [-0.25, -0.2) is 26.6 Å². The van der Waals surface area contributed by atoms with E-state index < -0.39 is 40.5 Å². The van der Waals surface area contributed by atoms with Gasteiger partial charge in [-0.15, -0.1) is 0 Å². The van der Waals surface area contributed by atoms with Crippen LogP contribution < -0.4 is 10.2 Å². The summed E-state index contributed by atoms with van der Waals surface area (Å²) in [5, 5.41) is 7.55. The molecule has 0 radical (unpaired) electrons. The van der Waals surface area contributed by atoms with Gasteiger partial charge in [0.05, 0.1) is 23.6 Å². The van der Waals surface area contributed by atoms with Crippen molar-refractivity contribution in [1.29, 1.82) is 0 Å². The molecule has 2 fully saturated rings. The number of aromatic nitrogens is 3. The molecule has 41 heavy (non-hydrogen) atoms. The summed E-state index contributed by atoms with van der Waals surface area (Å²) in [6, 6.07) is 10.2. The number of likely N-dealkylation sites (tertiary alicyclic amines) is 1. The van der Waals surface area contributed by atoms with E-state index in [9.17, 15) is 26.7 Å². The minimum Gasteiger partial charge on any atom is -0.370 e. The summed E-state index contributed by atoms with van der Waals surface area (Å²) in [7, 11) is 0. The van der Waals surface area contributed by atoms with E-state index in [-0.39, 0.29) is 11.4 Å². The molecule has 1 N–H and O–H groups in total. The molecule has 6 rings (SSSR count). The van der Waals surface area contributed by atoms with Crippen LogP contribution in [0.4, 0.5) is 27.6 Å². The van der Waals surface area contributed by atoms with Crippen LogP contribution >= 0.6 is 0 Å². The molecule has 1 spiro atoms. The van der Waals surface area contributed by atoms with Gasteiger partial charge >= 0.3 is 0 Å². The molecule has 0 bridgehead atoms. The minimum atomic E-state index is -1.61. The number of pyridine rings is 1. The van der Waals surface area contributed by atoms with E-state index in [0.29, 0.717) is 49.5 Å². The average molecular weight is 567 g/mol. The Bertz CT molecular complexity index is 1640. The number of rotatable bonds is 4. The van der Waals surface area contributed by atoms with Crippen LogP contribution in [0.2, 0.25) is 0 Å². The Morgan fingerprint density at radius 2 is 1.61 bits per heavy atom. The van der Waals surface area contributed by atoms with Crippen molar-refractivity contribution in [2.75, 3.05) is 24.7 Å². The predicted molar refractivity (Wildman–Crippen MR) is 141 cm³/mol. The fourth-order valence-electron chi connectivity index (χ4n) is 5.52. The van der Waals surface area contributed by atoms with Crippen molar-refractivity contribution in [1.82, 2.24) is 25.0 Å². The van der Waals surface area contributed by atoms with E-state index >= 15 is 0 Å². The van der Waals surface area contributed by atoms with E-state index in [1.807, 2.05) is 4.90 Å². The Kier molecular flexibility index (Phi) is 6.47. The second-order valence-electron chi connectivity index (χ2n) is 9.96. The van der Waals surface area contributed by atoms with Gasteiger partial charge in [-0.1, -0.05) is 6.58 Å². The summed E-state index contributed by atoms with van der Waals surface area (Å²) in [6.45, 7) is 5.09. The maximum atomic E-state index is 14.1. The maximum absolute atomic E-state index is 14.1. The van der Waals surface area contributed by atoms with Crippen LogP contribution in [0.3, 0.4) is 0 Å². The lowest BCUT2D eigenvalue weighted by Crippen LogP contribution is -2.54. The molecule has 0 aliphatic carbocycles. The summed E-state index contributed by atoms with van der Waals surface area (Å²) in [5.41, 5.74) is 1.37. The topological polar surface area (TPSA) is 66.3 Å². The van der Waals surface area contributed by atoms with Crippen molar-refractivity contribution in [3.63, 3.8) is 0 Å². The highest BCUT2D eigenvalue weighted by Crippen LogP contribution is 2.41. The molecule has 0 unspecified atom stereocenters.